The number of amides is 4. The van der Waals surface area contributed by atoms with Crippen molar-refractivity contribution in [1.82, 2.24) is 24.7 Å². The Morgan fingerprint density at radius 3 is 1.86 bits per heavy atom. The molecule has 0 aliphatic carbocycles. The number of anilines is 2. The van der Waals surface area contributed by atoms with Crippen molar-refractivity contribution in [1.29, 1.82) is 0 Å². The Kier molecular flexibility index (Phi) is 12.0. The van der Waals surface area contributed by atoms with Crippen LogP contribution in [0.25, 0.3) is 20.4 Å². The average Bonchev–Trinajstić information content (AvgIpc) is 3.69. The summed E-state index contributed by atoms with van der Waals surface area (Å²) in [6.45, 7) is 0. The van der Waals surface area contributed by atoms with Gasteiger partial charge in [0, 0.05) is 48.2 Å². The van der Waals surface area contributed by atoms with Gasteiger partial charge in [-0.15, -0.1) is 22.7 Å². The van der Waals surface area contributed by atoms with E-state index in [4.69, 9.17) is 15.7 Å². The van der Waals surface area contributed by atoms with Gasteiger partial charge in [-0.25, -0.2) is 31.5 Å². The van der Waals surface area contributed by atoms with Crippen molar-refractivity contribution in [2.75, 3.05) is 23.9 Å². The van der Waals surface area contributed by atoms with Crippen LogP contribution in [-0.2, 0) is 32.6 Å². The predicted octanol–water partition coefficient (Wildman–Crippen LogP) is 3.17. The van der Waals surface area contributed by atoms with Crippen LogP contribution in [0.2, 0.25) is 0 Å². The van der Waals surface area contributed by atoms with Gasteiger partial charge in [0.15, 0.2) is 21.5 Å². The summed E-state index contributed by atoms with van der Waals surface area (Å²) in [5.41, 5.74) is -0.0590. The van der Waals surface area contributed by atoms with Crippen LogP contribution >= 0.6 is 22.7 Å². The number of fused-ring (bicyclic) bond motifs is 2. The molecule has 3 N–H and O–H groups in total. The van der Waals surface area contributed by atoms with E-state index in [0.29, 0.717) is 27.0 Å². The van der Waals surface area contributed by atoms with Crippen LogP contribution < -0.4 is 34.4 Å². The van der Waals surface area contributed by atoms with Gasteiger partial charge in [0.25, 0.3) is 0 Å². The number of aromatic nitrogens is 2. The Bertz CT molecular complexity index is 2630. The molecule has 2 heterocycles. The molecule has 6 aromatic rings. The third-order valence-corrected chi connectivity index (χ3v) is 11.2. The van der Waals surface area contributed by atoms with Gasteiger partial charge in [-0.05, 0) is 72.1 Å². The number of hydrogen-bond acceptors (Lipinski definition) is 9. The Morgan fingerprint density at radius 1 is 0.719 bits per heavy atom. The van der Waals surface area contributed by atoms with Crippen molar-refractivity contribution in [3.05, 3.63) is 107 Å². The van der Waals surface area contributed by atoms with Crippen LogP contribution in [0.15, 0.2) is 66.7 Å². The summed E-state index contributed by atoms with van der Waals surface area (Å²) in [5, 5.41) is 2.13. The number of thiazole rings is 2. The van der Waals surface area contributed by atoms with Gasteiger partial charge in [0.2, 0.25) is 11.8 Å². The molecule has 0 fully saturated rings. The number of halogens is 5. The Labute approximate surface area is 332 Å². The number of carbonyl (C=O) groups excluding carboxylic acids is 3. The van der Waals surface area contributed by atoms with E-state index >= 15 is 4.39 Å². The third kappa shape index (κ3) is 9.75. The van der Waals surface area contributed by atoms with Crippen molar-refractivity contribution in [3.8, 4) is 0 Å². The van der Waals surface area contributed by atoms with E-state index < -0.39 is 82.1 Å². The summed E-state index contributed by atoms with van der Waals surface area (Å²) in [4.78, 5) is 51.2. The molecule has 22 heteroatoms. The molecule has 0 saturated heterocycles. The van der Waals surface area contributed by atoms with Crippen molar-refractivity contribution < 1.29 is 44.8 Å². The quantitative estimate of drug-likeness (QED) is 0.127. The zero-order valence-corrected chi connectivity index (χ0v) is 32.0. The third-order valence-electron chi connectivity index (χ3n) is 8.44. The number of carbonyl (C=O) groups is 3. The topological polar surface area (TPSA) is 154 Å². The molecular formula is C35H26B2F5N7O5S3. The van der Waals surface area contributed by atoms with Crippen LogP contribution in [0, 0.1) is 29.1 Å². The van der Waals surface area contributed by atoms with Gasteiger partial charge < -0.3 is 15.1 Å². The standard InChI is InChI=1S/C35H26B2F5N7O5S3/c1-48(22-3-5-27-23(15-22)43-33(36)55-27)32(51)25(12-17-9-20(40)14-21(41)10-17)46-57(53,54)47-35(52)44-24(11-16-7-18(38)13-19(39)8-16)31(50)49(2)26-4-6-28-30(29(26)42)45-34(37)56-28/h3-10,13-15,24-25,46H,11-12H2,1-2H3,(H2,44,47,52)/t24-,25-/m0/s1. The Morgan fingerprint density at radius 2 is 1.25 bits per heavy atom. The van der Waals surface area contributed by atoms with Crippen LogP contribution in [-0.4, -0.2) is 78.1 Å². The monoisotopic (exact) mass is 837 g/mol. The smallest absolute Gasteiger partial charge is 0.325 e. The normalized spacial score (nSPS) is 12.7. The van der Waals surface area contributed by atoms with Gasteiger partial charge >= 0.3 is 16.2 Å². The Balaban J connectivity index is 1.26. The summed E-state index contributed by atoms with van der Waals surface area (Å²) < 4.78 is 104. The second-order valence-electron chi connectivity index (χ2n) is 12.6. The van der Waals surface area contributed by atoms with E-state index in [-0.39, 0.29) is 37.8 Å². The zero-order valence-electron chi connectivity index (χ0n) is 29.5. The lowest BCUT2D eigenvalue weighted by molar-refractivity contribution is -0.120. The highest BCUT2D eigenvalue weighted by atomic mass is 32.2. The maximum absolute atomic E-state index is 15.5. The molecule has 0 unspecified atom stereocenters. The number of benzene rings is 4. The molecule has 4 amide bonds. The fourth-order valence-electron chi connectivity index (χ4n) is 5.92. The van der Waals surface area contributed by atoms with E-state index in [2.05, 4.69) is 15.3 Å². The van der Waals surface area contributed by atoms with Gasteiger partial charge in [-0.2, -0.15) is 13.1 Å². The van der Waals surface area contributed by atoms with E-state index in [1.54, 1.807) is 10.8 Å². The second kappa shape index (κ2) is 16.6. The molecule has 4 aromatic carbocycles. The highest BCUT2D eigenvalue weighted by molar-refractivity contribution is 7.88. The van der Waals surface area contributed by atoms with Crippen LogP contribution in [0.5, 0.6) is 0 Å². The summed E-state index contributed by atoms with van der Waals surface area (Å²) in [7, 11) is 8.86. The minimum atomic E-state index is -5.07. The molecule has 0 saturated carbocycles. The molecule has 6 rings (SSSR count). The predicted molar refractivity (Wildman–Crippen MR) is 208 cm³/mol. The van der Waals surface area contributed by atoms with Crippen molar-refractivity contribution >= 4 is 108 Å². The van der Waals surface area contributed by atoms with E-state index in [1.807, 2.05) is 4.72 Å². The maximum Gasteiger partial charge on any atom is 0.330 e. The lowest BCUT2D eigenvalue weighted by atomic mass is 10.0. The first-order valence-electron chi connectivity index (χ1n) is 16.4. The SMILES string of the molecule is [B]c1nc2cc(N(C)C(=O)[C@H](Cc3cc(F)cc(F)c3)NS(=O)(=O)NC(=O)N[C@@H](Cc3cc(F)cc(F)c3)C(=O)N(C)c3ccc4sc([B])nc4c3F)ccc2s1. The summed E-state index contributed by atoms with van der Waals surface area (Å²) in [6, 6.07) is 6.87. The van der Waals surface area contributed by atoms with Crippen molar-refractivity contribution in [2.45, 2.75) is 24.9 Å². The molecule has 0 aliphatic rings. The lowest BCUT2D eigenvalue weighted by Crippen LogP contribution is -2.57. The summed E-state index contributed by atoms with van der Waals surface area (Å²) in [6.07, 6.45) is -1.22. The van der Waals surface area contributed by atoms with E-state index in [1.165, 1.54) is 42.6 Å². The highest BCUT2D eigenvalue weighted by Crippen LogP contribution is 2.28. The average molecular weight is 837 g/mol. The van der Waals surface area contributed by atoms with Gasteiger partial charge in [0.05, 0.1) is 20.6 Å². The number of likely N-dealkylation sites (N-methyl/N-ethyl adjacent to an activating group) is 2. The van der Waals surface area contributed by atoms with Crippen LogP contribution in [0.1, 0.15) is 11.1 Å². The lowest BCUT2D eigenvalue weighted by Gasteiger charge is -2.26. The first kappa shape index (κ1) is 41.2. The molecule has 0 spiro atoms. The van der Waals surface area contributed by atoms with E-state index in [0.717, 1.165) is 52.4 Å². The number of nitrogens with one attached hydrogen (secondary N) is 3. The van der Waals surface area contributed by atoms with E-state index in [9.17, 15) is 40.4 Å². The molecule has 4 radical (unpaired) electrons. The fourth-order valence-corrected chi connectivity index (χ4v) is 8.28. The number of hydrogen-bond donors (Lipinski definition) is 3. The van der Waals surface area contributed by atoms with Crippen molar-refractivity contribution in [3.63, 3.8) is 0 Å². The molecule has 2 atom stereocenters. The highest BCUT2D eigenvalue weighted by Gasteiger charge is 2.32. The van der Waals surface area contributed by atoms with Crippen molar-refractivity contribution in [2.24, 2.45) is 0 Å². The minimum Gasteiger partial charge on any atom is -0.325 e. The molecular weight excluding hydrogens is 811 g/mol. The molecule has 12 nitrogen and oxygen atoms in total. The summed E-state index contributed by atoms with van der Waals surface area (Å²) >= 11 is 2.18. The molecule has 290 valence electrons. The molecule has 57 heavy (non-hydrogen) atoms. The zero-order chi connectivity index (χ0) is 41.3. The summed E-state index contributed by atoms with van der Waals surface area (Å²) in [5.74, 6) is -6.99. The van der Waals surface area contributed by atoms with Crippen LogP contribution in [0.4, 0.5) is 38.1 Å². The van der Waals surface area contributed by atoms with Gasteiger partial charge in [-0.3, -0.25) is 19.6 Å². The number of rotatable bonds is 12. The second-order valence-corrected chi connectivity index (χ2v) is 16.1. The maximum atomic E-state index is 15.5. The first-order valence-corrected chi connectivity index (χ1v) is 19.5. The molecule has 0 aliphatic heterocycles. The first-order chi connectivity index (χ1) is 26.8. The molecule has 0 bridgehead atoms. The number of nitrogens with zero attached hydrogens (tertiary/aromatic N) is 4. The largest absolute Gasteiger partial charge is 0.330 e. The van der Waals surface area contributed by atoms with Gasteiger partial charge in [-0.1, -0.05) is 0 Å². The Hall–Kier alpha value is -5.44. The molecule has 2 aromatic heterocycles. The number of urea groups is 1. The minimum absolute atomic E-state index is 0.0515. The van der Waals surface area contributed by atoms with Crippen LogP contribution in [0.3, 0.4) is 0 Å². The fraction of sp³-hybridized carbons (Fsp3) is 0.171. The van der Waals surface area contributed by atoms with Gasteiger partial charge in [0.1, 0.15) is 40.9 Å².